The number of esters is 1. The van der Waals surface area contributed by atoms with Gasteiger partial charge in [-0.15, -0.1) is 0 Å². The topological polar surface area (TPSA) is 46.6 Å². The third-order valence-corrected chi connectivity index (χ3v) is 5.48. The molecule has 3 rings (SSSR count). The van der Waals surface area contributed by atoms with E-state index in [-0.39, 0.29) is 24.8 Å². The summed E-state index contributed by atoms with van der Waals surface area (Å²) in [6.45, 7) is 4.41. The van der Waals surface area contributed by atoms with Crippen LogP contribution in [0.2, 0.25) is 10.0 Å². The molecule has 1 fully saturated rings. The van der Waals surface area contributed by atoms with Gasteiger partial charge in [0.15, 0.2) is 0 Å². The quantitative estimate of drug-likeness (QED) is 0.489. The average Bonchev–Trinajstić information content (AvgIpc) is 3.05. The van der Waals surface area contributed by atoms with E-state index in [1.807, 2.05) is 18.2 Å². The van der Waals surface area contributed by atoms with E-state index in [1.165, 1.54) is 4.90 Å². The SMILES string of the molecule is CC[C@H](C)c1ccccc1OC(=O)[C@@H]1CC(=O)N(c2cc(Cl)ccc2Cl)C1. The van der Waals surface area contributed by atoms with Crippen LogP contribution in [-0.2, 0) is 9.59 Å². The van der Waals surface area contributed by atoms with Crippen molar-refractivity contribution in [1.82, 2.24) is 0 Å². The van der Waals surface area contributed by atoms with Crippen molar-refractivity contribution in [1.29, 1.82) is 0 Å². The second kappa shape index (κ2) is 8.32. The smallest absolute Gasteiger partial charge is 0.316 e. The highest BCUT2D eigenvalue weighted by Crippen LogP contribution is 2.34. The van der Waals surface area contributed by atoms with E-state index >= 15 is 0 Å². The van der Waals surface area contributed by atoms with Gasteiger partial charge in [0.25, 0.3) is 0 Å². The molecule has 1 aliphatic heterocycles. The summed E-state index contributed by atoms with van der Waals surface area (Å²) in [6, 6.07) is 12.5. The van der Waals surface area contributed by atoms with Crippen LogP contribution in [0.5, 0.6) is 5.75 Å². The number of hydrogen-bond acceptors (Lipinski definition) is 3. The maximum absolute atomic E-state index is 12.7. The molecule has 1 aliphatic rings. The molecular formula is C21H21Cl2NO3. The zero-order valence-corrected chi connectivity index (χ0v) is 16.8. The average molecular weight is 406 g/mol. The molecule has 2 aromatic rings. The van der Waals surface area contributed by atoms with Gasteiger partial charge in [-0.2, -0.15) is 0 Å². The van der Waals surface area contributed by atoms with Crippen molar-refractivity contribution in [2.24, 2.45) is 5.92 Å². The number of rotatable bonds is 5. The van der Waals surface area contributed by atoms with Crippen molar-refractivity contribution in [2.45, 2.75) is 32.6 Å². The van der Waals surface area contributed by atoms with Crippen LogP contribution < -0.4 is 9.64 Å². The van der Waals surface area contributed by atoms with E-state index < -0.39 is 11.9 Å². The minimum atomic E-state index is -0.544. The highest BCUT2D eigenvalue weighted by molar-refractivity contribution is 6.35. The number of para-hydroxylation sites is 1. The number of anilines is 1. The van der Waals surface area contributed by atoms with Crippen molar-refractivity contribution in [3.63, 3.8) is 0 Å². The normalized spacial score (nSPS) is 17.9. The van der Waals surface area contributed by atoms with Gasteiger partial charge in [0.1, 0.15) is 5.75 Å². The summed E-state index contributed by atoms with van der Waals surface area (Å²) >= 11 is 12.2. The predicted octanol–water partition coefficient (Wildman–Crippen LogP) is 5.47. The molecule has 0 unspecified atom stereocenters. The van der Waals surface area contributed by atoms with Crippen LogP contribution in [0.3, 0.4) is 0 Å². The number of carbonyl (C=O) groups excluding carboxylic acids is 2. The standard InChI is InChI=1S/C21H21Cl2NO3/c1-3-13(2)16-6-4-5-7-19(16)27-21(26)14-10-20(25)24(12-14)18-11-15(22)8-9-17(18)23/h4-9,11,13-14H,3,10,12H2,1-2H3/t13-,14+/m0/s1. The molecule has 27 heavy (non-hydrogen) atoms. The van der Waals surface area contributed by atoms with Gasteiger partial charge in [-0.1, -0.05) is 55.2 Å². The second-order valence-electron chi connectivity index (χ2n) is 6.77. The first-order valence-electron chi connectivity index (χ1n) is 8.96. The van der Waals surface area contributed by atoms with Crippen LogP contribution in [0, 0.1) is 5.92 Å². The molecule has 0 aromatic heterocycles. The molecule has 0 aliphatic carbocycles. The second-order valence-corrected chi connectivity index (χ2v) is 7.61. The monoisotopic (exact) mass is 405 g/mol. The Hall–Kier alpha value is -2.04. The Morgan fingerprint density at radius 2 is 2.00 bits per heavy atom. The summed E-state index contributed by atoms with van der Waals surface area (Å²) in [5.41, 5.74) is 1.51. The highest BCUT2D eigenvalue weighted by atomic mass is 35.5. The Labute approximate surface area is 169 Å². The molecule has 1 amide bonds. The van der Waals surface area contributed by atoms with E-state index in [4.69, 9.17) is 27.9 Å². The minimum absolute atomic E-state index is 0.0905. The third kappa shape index (κ3) is 4.28. The fourth-order valence-electron chi connectivity index (χ4n) is 3.18. The molecular weight excluding hydrogens is 385 g/mol. The summed E-state index contributed by atoms with van der Waals surface area (Å²) in [5.74, 6) is -0.280. The van der Waals surface area contributed by atoms with E-state index in [2.05, 4.69) is 13.8 Å². The van der Waals surface area contributed by atoms with E-state index in [9.17, 15) is 9.59 Å². The van der Waals surface area contributed by atoms with Crippen molar-refractivity contribution >= 4 is 40.8 Å². The van der Waals surface area contributed by atoms with E-state index in [1.54, 1.807) is 24.3 Å². The predicted molar refractivity (Wildman–Crippen MR) is 108 cm³/mol. The lowest BCUT2D eigenvalue weighted by molar-refractivity contribution is -0.139. The minimum Gasteiger partial charge on any atom is -0.426 e. The van der Waals surface area contributed by atoms with Gasteiger partial charge >= 0.3 is 5.97 Å². The number of benzene rings is 2. The molecule has 0 spiro atoms. The van der Waals surface area contributed by atoms with Gasteiger partial charge < -0.3 is 9.64 Å². The van der Waals surface area contributed by atoms with Gasteiger partial charge in [0.2, 0.25) is 5.91 Å². The zero-order chi connectivity index (χ0) is 19.6. The summed E-state index contributed by atoms with van der Waals surface area (Å²) in [4.78, 5) is 26.6. The van der Waals surface area contributed by atoms with Crippen molar-refractivity contribution < 1.29 is 14.3 Å². The fraction of sp³-hybridized carbons (Fsp3) is 0.333. The highest BCUT2D eigenvalue weighted by Gasteiger charge is 2.37. The first-order chi connectivity index (χ1) is 12.9. The third-order valence-electron chi connectivity index (χ3n) is 4.93. The first kappa shape index (κ1) is 19.7. The van der Waals surface area contributed by atoms with E-state index in [0.717, 1.165) is 12.0 Å². The Balaban J connectivity index is 1.76. The summed E-state index contributed by atoms with van der Waals surface area (Å²) in [5, 5.41) is 0.902. The molecule has 4 nitrogen and oxygen atoms in total. The number of ether oxygens (including phenoxy) is 1. The lowest BCUT2D eigenvalue weighted by Gasteiger charge is -2.19. The molecule has 0 N–H and O–H groups in total. The maximum atomic E-state index is 12.7. The van der Waals surface area contributed by atoms with Gasteiger partial charge in [-0.25, -0.2) is 0 Å². The van der Waals surface area contributed by atoms with Gasteiger partial charge in [-0.05, 0) is 42.2 Å². The maximum Gasteiger partial charge on any atom is 0.316 e. The Bertz CT molecular complexity index is 868. The molecule has 142 valence electrons. The number of carbonyl (C=O) groups is 2. The summed E-state index contributed by atoms with van der Waals surface area (Å²) in [6.07, 6.45) is 1.03. The van der Waals surface area contributed by atoms with Crippen LogP contribution >= 0.6 is 23.2 Å². The van der Waals surface area contributed by atoms with Crippen LogP contribution in [0.25, 0.3) is 0 Å². The molecule has 6 heteroatoms. The first-order valence-corrected chi connectivity index (χ1v) is 9.72. The largest absolute Gasteiger partial charge is 0.426 e. The lowest BCUT2D eigenvalue weighted by Crippen LogP contribution is -2.27. The molecule has 1 saturated heterocycles. The lowest BCUT2D eigenvalue weighted by atomic mass is 9.98. The van der Waals surface area contributed by atoms with Gasteiger partial charge in [0.05, 0.1) is 16.6 Å². The molecule has 2 aromatic carbocycles. The van der Waals surface area contributed by atoms with Crippen LogP contribution in [0.4, 0.5) is 5.69 Å². The van der Waals surface area contributed by atoms with Crippen LogP contribution in [0.15, 0.2) is 42.5 Å². The number of halogens is 2. The molecule has 0 saturated carbocycles. The Kier molecular flexibility index (Phi) is 6.08. The summed E-state index contributed by atoms with van der Waals surface area (Å²) < 4.78 is 5.66. The van der Waals surface area contributed by atoms with Crippen LogP contribution in [-0.4, -0.2) is 18.4 Å². The zero-order valence-electron chi connectivity index (χ0n) is 15.2. The number of nitrogens with zero attached hydrogens (tertiary/aromatic N) is 1. The van der Waals surface area contributed by atoms with Crippen molar-refractivity contribution in [3.05, 3.63) is 58.1 Å². The van der Waals surface area contributed by atoms with Crippen molar-refractivity contribution in [3.8, 4) is 5.75 Å². The van der Waals surface area contributed by atoms with E-state index in [0.29, 0.717) is 21.5 Å². The number of hydrogen-bond donors (Lipinski definition) is 0. The summed E-state index contributed by atoms with van der Waals surface area (Å²) in [7, 11) is 0. The van der Waals surface area contributed by atoms with Gasteiger partial charge in [0, 0.05) is 18.0 Å². The van der Waals surface area contributed by atoms with Crippen molar-refractivity contribution in [2.75, 3.05) is 11.4 Å². The Morgan fingerprint density at radius 1 is 1.26 bits per heavy atom. The Morgan fingerprint density at radius 3 is 2.74 bits per heavy atom. The molecule has 0 radical (unpaired) electrons. The fourth-order valence-corrected chi connectivity index (χ4v) is 3.57. The molecule has 0 bridgehead atoms. The number of amides is 1. The molecule has 1 heterocycles. The van der Waals surface area contributed by atoms with Crippen LogP contribution in [0.1, 0.15) is 38.2 Å². The van der Waals surface area contributed by atoms with Gasteiger partial charge in [-0.3, -0.25) is 9.59 Å². The molecule has 2 atom stereocenters.